The third-order valence-electron chi connectivity index (χ3n) is 6.90. The van der Waals surface area contributed by atoms with Crippen LogP contribution in [0.5, 0.6) is 0 Å². The maximum absolute atomic E-state index is 9.59. The normalized spacial score (nSPS) is 22.7. The summed E-state index contributed by atoms with van der Waals surface area (Å²) in [4.78, 5) is 11.9. The topological polar surface area (TPSA) is 96.8 Å². The first-order valence-electron chi connectivity index (χ1n) is 12.9. The molecule has 3 aliphatic rings. The highest BCUT2D eigenvalue weighted by Gasteiger charge is 2.26. The summed E-state index contributed by atoms with van der Waals surface area (Å²) in [7, 11) is 0. The predicted octanol–water partition coefficient (Wildman–Crippen LogP) is 4.76. The van der Waals surface area contributed by atoms with E-state index < -0.39 is 0 Å². The lowest BCUT2D eigenvalue weighted by molar-refractivity contribution is 0.0394. The van der Waals surface area contributed by atoms with Gasteiger partial charge in [-0.2, -0.15) is 10.2 Å². The van der Waals surface area contributed by atoms with E-state index in [0.717, 1.165) is 57.8 Å². The SMILES string of the molecule is CC(C)OC1=CCC(c2nc(-c3cccc4c3CCCC4C=NCN3CCOCC3)no2)C=C1C#N. The molecule has 0 saturated carbocycles. The maximum atomic E-state index is 9.59. The molecule has 1 aromatic carbocycles. The quantitative estimate of drug-likeness (QED) is 0.519. The van der Waals surface area contributed by atoms with Crippen LogP contribution in [-0.4, -0.2) is 60.3 Å². The van der Waals surface area contributed by atoms with Crippen molar-refractivity contribution >= 4 is 6.21 Å². The van der Waals surface area contributed by atoms with Gasteiger partial charge in [0.25, 0.3) is 0 Å². The molecule has 2 unspecified atom stereocenters. The van der Waals surface area contributed by atoms with Gasteiger partial charge in [-0.05, 0) is 56.7 Å². The number of rotatable bonds is 7. The van der Waals surface area contributed by atoms with Crippen molar-refractivity contribution in [2.75, 3.05) is 33.0 Å². The van der Waals surface area contributed by atoms with Crippen LogP contribution < -0.4 is 0 Å². The second-order valence-electron chi connectivity index (χ2n) is 9.80. The van der Waals surface area contributed by atoms with Gasteiger partial charge in [-0.15, -0.1) is 0 Å². The van der Waals surface area contributed by atoms with Crippen LogP contribution in [0, 0.1) is 11.3 Å². The largest absolute Gasteiger partial charge is 0.490 e. The fourth-order valence-electron chi connectivity index (χ4n) is 5.10. The highest BCUT2D eigenvalue weighted by Crippen LogP contribution is 2.37. The van der Waals surface area contributed by atoms with Gasteiger partial charge in [0.15, 0.2) is 0 Å². The van der Waals surface area contributed by atoms with Crippen LogP contribution in [0.4, 0.5) is 0 Å². The number of hydrogen-bond acceptors (Lipinski definition) is 8. The Morgan fingerprint density at radius 2 is 2.17 bits per heavy atom. The van der Waals surface area contributed by atoms with Crippen molar-refractivity contribution in [1.29, 1.82) is 5.26 Å². The molecule has 2 aromatic rings. The summed E-state index contributed by atoms with van der Waals surface area (Å²) in [6.45, 7) is 8.08. The van der Waals surface area contributed by atoms with Crippen molar-refractivity contribution in [3.63, 3.8) is 0 Å². The lowest BCUT2D eigenvalue weighted by atomic mass is 9.81. The average Bonchev–Trinajstić information content (AvgIpc) is 3.39. The zero-order chi connectivity index (χ0) is 24.9. The molecule has 0 bridgehead atoms. The van der Waals surface area contributed by atoms with Crippen molar-refractivity contribution in [3.8, 4) is 17.5 Å². The molecular formula is C28H33N5O3. The number of nitrogens with zero attached hydrogens (tertiary/aromatic N) is 5. The Morgan fingerprint density at radius 3 is 2.97 bits per heavy atom. The minimum atomic E-state index is -0.139. The van der Waals surface area contributed by atoms with Gasteiger partial charge in [0.2, 0.25) is 11.7 Å². The van der Waals surface area contributed by atoms with Crippen molar-refractivity contribution in [1.82, 2.24) is 15.0 Å². The van der Waals surface area contributed by atoms with E-state index in [9.17, 15) is 5.26 Å². The number of nitriles is 1. The first-order valence-corrected chi connectivity index (χ1v) is 12.9. The Hall–Kier alpha value is -3.28. The Bertz CT molecular complexity index is 1200. The van der Waals surface area contributed by atoms with Gasteiger partial charge in [-0.3, -0.25) is 9.89 Å². The van der Waals surface area contributed by atoms with Gasteiger partial charge in [0, 0.05) is 30.8 Å². The second kappa shape index (κ2) is 11.2. The predicted molar refractivity (Wildman–Crippen MR) is 137 cm³/mol. The molecular weight excluding hydrogens is 454 g/mol. The maximum Gasteiger partial charge on any atom is 0.234 e. The lowest BCUT2D eigenvalue weighted by Crippen LogP contribution is -2.36. The van der Waals surface area contributed by atoms with Crippen LogP contribution in [0.2, 0.25) is 0 Å². The molecule has 1 saturated heterocycles. The molecule has 36 heavy (non-hydrogen) atoms. The van der Waals surface area contributed by atoms with E-state index >= 15 is 0 Å². The first kappa shape index (κ1) is 24.4. The smallest absolute Gasteiger partial charge is 0.234 e. The van der Waals surface area contributed by atoms with Crippen LogP contribution in [0.3, 0.4) is 0 Å². The average molecular weight is 488 g/mol. The Balaban J connectivity index is 1.33. The van der Waals surface area contributed by atoms with Crippen molar-refractivity contribution in [2.24, 2.45) is 4.99 Å². The molecule has 1 aliphatic heterocycles. The van der Waals surface area contributed by atoms with Gasteiger partial charge >= 0.3 is 0 Å². The molecule has 0 amide bonds. The number of aliphatic imine (C=N–C) groups is 1. The second-order valence-corrected chi connectivity index (χ2v) is 9.80. The van der Waals surface area contributed by atoms with Gasteiger partial charge in [-0.25, -0.2) is 0 Å². The molecule has 8 nitrogen and oxygen atoms in total. The molecule has 8 heteroatoms. The zero-order valence-corrected chi connectivity index (χ0v) is 21.0. The number of allylic oxidation sites excluding steroid dienone is 3. The van der Waals surface area contributed by atoms with Crippen LogP contribution in [0.15, 0.2) is 51.2 Å². The van der Waals surface area contributed by atoms with Crippen LogP contribution in [0.1, 0.15) is 62.0 Å². The molecule has 5 rings (SSSR count). The number of ether oxygens (including phenoxy) is 2. The Labute approximate surface area is 212 Å². The number of fused-ring (bicyclic) bond motifs is 1. The molecule has 2 atom stereocenters. The molecule has 188 valence electrons. The fourth-order valence-corrected chi connectivity index (χ4v) is 5.10. The van der Waals surface area contributed by atoms with Gasteiger partial charge in [0.1, 0.15) is 11.8 Å². The Kier molecular flexibility index (Phi) is 7.59. The minimum Gasteiger partial charge on any atom is -0.490 e. The van der Waals surface area contributed by atoms with E-state index in [-0.39, 0.29) is 12.0 Å². The van der Waals surface area contributed by atoms with E-state index in [2.05, 4.69) is 40.5 Å². The van der Waals surface area contributed by atoms with Crippen LogP contribution >= 0.6 is 0 Å². The number of benzene rings is 1. The van der Waals surface area contributed by atoms with E-state index in [1.807, 2.05) is 26.0 Å². The van der Waals surface area contributed by atoms with Gasteiger partial charge in [-0.1, -0.05) is 29.4 Å². The summed E-state index contributed by atoms with van der Waals surface area (Å²) in [6.07, 6.45) is 9.79. The molecule has 2 aliphatic carbocycles. The fraction of sp³-hybridized carbons (Fsp3) is 0.500. The molecule has 0 N–H and O–H groups in total. The summed E-state index contributed by atoms with van der Waals surface area (Å²) < 4.78 is 16.9. The number of morpholine rings is 1. The van der Waals surface area contributed by atoms with Gasteiger partial charge < -0.3 is 14.0 Å². The number of hydrogen-bond donors (Lipinski definition) is 0. The van der Waals surface area contributed by atoms with E-state index in [1.165, 1.54) is 11.1 Å². The summed E-state index contributed by atoms with van der Waals surface area (Å²) >= 11 is 0. The molecule has 1 aromatic heterocycles. The van der Waals surface area contributed by atoms with E-state index in [4.69, 9.17) is 24.0 Å². The third-order valence-corrected chi connectivity index (χ3v) is 6.90. The first-order chi connectivity index (χ1) is 17.6. The zero-order valence-electron chi connectivity index (χ0n) is 21.0. The van der Waals surface area contributed by atoms with E-state index in [1.54, 1.807) is 0 Å². The molecule has 2 heterocycles. The standard InChI is InChI=1S/C28H33N5O3/c1-19(2)35-26-10-9-20(15-22(26)16-29)28-31-27(32-36-28)25-8-4-6-23-21(5-3-7-24(23)25)17-30-18-33-11-13-34-14-12-33/h4,6,8,10,15,17,19-21H,3,5,7,9,11-14,18H2,1-2H3. The van der Waals surface area contributed by atoms with Crippen LogP contribution in [0.25, 0.3) is 11.4 Å². The lowest BCUT2D eigenvalue weighted by Gasteiger charge is -2.26. The number of aromatic nitrogens is 2. The summed E-state index contributed by atoms with van der Waals surface area (Å²) in [5.41, 5.74) is 4.12. The van der Waals surface area contributed by atoms with Crippen LogP contribution in [-0.2, 0) is 15.9 Å². The monoisotopic (exact) mass is 487 g/mol. The van der Waals surface area contributed by atoms with E-state index in [0.29, 0.717) is 35.4 Å². The van der Waals surface area contributed by atoms with Crippen molar-refractivity contribution in [3.05, 3.63) is 58.7 Å². The highest BCUT2D eigenvalue weighted by molar-refractivity contribution is 5.73. The highest BCUT2D eigenvalue weighted by atomic mass is 16.5. The molecule has 0 spiro atoms. The minimum absolute atomic E-state index is 0.0112. The summed E-state index contributed by atoms with van der Waals surface area (Å²) in [6, 6.07) is 8.59. The summed E-state index contributed by atoms with van der Waals surface area (Å²) in [5, 5.41) is 13.9. The van der Waals surface area contributed by atoms with Gasteiger partial charge in [0.05, 0.1) is 37.5 Å². The van der Waals surface area contributed by atoms with Crippen molar-refractivity contribution in [2.45, 2.75) is 57.5 Å². The summed E-state index contributed by atoms with van der Waals surface area (Å²) in [5.74, 6) is 1.91. The Morgan fingerprint density at radius 1 is 1.31 bits per heavy atom. The van der Waals surface area contributed by atoms with Crippen molar-refractivity contribution < 1.29 is 14.0 Å². The molecule has 0 radical (unpaired) electrons. The molecule has 1 fully saturated rings. The third kappa shape index (κ3) is 5.43.